The Bertz CT molecular complexity index is 1880. The van der Waals surface area contributed by atoms with Crippen molar-refractivity contribution in [3.63, 3.8) is 0 Å². The van der Waals surface area contributed by atoms with Gasteiger partial charge in [0.25, 0.3) is 0 Å². The number of amides is 5. The number of benzene rings is 2. The molecule has 3 aliphatic carbocycles. The maximum atomic E-state index is 14.9. The third kappa shape index (κ3) is 8.04. The average Bonchev–Trinajstić information content (AvgIpc) is 4.06. The molecule has 7 rings (SSSR count). The van der Waals surface area contributed by atoms with E-state index in [1.807, 2.05) is 43.3 Å². The van der Waals surface area contributed by atoms with Crippen LogP contribution in [0.1, 0.15) is 94.6 Å². The second kappa shape index (κ2) is 17.7. The molecule has 2 aromatic rings. The normalized spacial score (nSPS) is 21.9. The van der Waals surface area contributed by atoms with Gasteiger partial charge in [0.15, 0.2) is 0 Å². The summed E-state index contributed by atoms with van der Waals surface area (Å²) in [5, 5.41) is 9.80. The highest BCUT2D eigenvalue weighted by atomic mass is 16.6. The first kappa shape index (κ1) is 42.2. The number of aliphatic carboxylic acids is 1. The monoisotopic (exact) mass is 813 g/mol. The van der Waals surface area contributed by atoms with Gasteiger partial charge in [-0.25, -0.2) is 4.79 Å². The number of hydrogen-bond donors (Lipinski definition) is 1. The van der Waals surface area contributed by atoms with Crippen LogP contribution in [0.2, 0.25) is 0 Å². The fourth-order valence-corrected chi connectivity index (χ4v) is 10.4. The zero-order valence-electron chi connectivity index (χ0n) is 34.8. The Morgan fingerprint density at radius 3 is 2.02 bits per heavy atom. The molecule has 2 aromatic carbocycles. The molecule has 2 heterocycles. The van der Waals surface area contributed by atoms with Gasteiger partial charge in [-0.3, -0.25) is 28.9 Å². The maximum Gasteiger partial charge on any atom is 0.410 e. The van der Waals surface area contributed by atoms with Crippen LogP contribution in [-0.2, 0) is 33.4 Å². The number of fused-ring (bicyclic) bond motifs is 3. The molecule has 4 fully saturated rings. The number of likely N-dealkylation sites (tertiary alicyclic amines) is 2. The molecular formula is C45H59N5O9. The van der Waals surface area contributed by atoms with Gasteiger partial charge in [-0.2, -0.15) is 0 Å². The Morgan fingerprint density at radius 2 is 1.46 bits per heavy atom. The molecule has 4 atom stereocenters. The molecule has 0 spiro atoms. The third-order valence-corrected chi connectivity index (χ3v) is 13.8. The predicted molar refractivity (Wildman–Crippen MR) is 218 cm³/mol. The van der Waals surface area contributed by atoms with Crippen molar-refractivity contribution in [1.82, 2.24) is 24.5 Å². The standard InChI is InChI=1S/C45H59N5O9/c1-5-58-30-25-37(50(27-30)44(57)59-28-35-33-19-10-8-17-31(33)32-18-9-11-20-34(32)35)40(53)48(4)45(21-14-22-45)43(56)47(3)39(29-15-6-7-16-29)42(55)46(2)36(26-38(51)52)41(54)49-23-12-13-24-49/h8-11,17-20,29-30,35-37,39H,5-7,12-16,21-28H2,1-4H3,(H,51,52)/t30-,36+,37+,39+/m1/s1. The van der Waals surface area contributed by atoms with Gasteiger partial charge in [0.05, 0.1) is 19.1 Å². The van der Waals surface area contributed by atoms with Crippen molar-refractivity contribution in [1.29, 1.82) is 0 Å². The van der Waals surface area contributed by atoms with Gasteiger partial charge < -0.3 is 34.2 Å². The van der Waals surface area contributed by atoms with E-state index in [-0.39, 0.29) is 37.3 Å². The molecule has 2 saturated carbocycles. The molecule has 2 saturated heterocycles. The van der Waals surface area contributed by atoms with Crippen molar-refractivity contribution >= 4 is 35.7 Å². The Kier molecular flexibility index (Phi) is 12.7. The minimum atomic E-state index is -1.26. The number of carbonyl (C=O) groups excluding carboxylic acids is 5. The molecule has 0 unspecified atom stereocenters. The number of rotatable bonds is 14. The van der Waals surface area contributed by atoms with Crippen LogP contribution in [0.4, 0.5) is 4.79 Å². The van der Waals surface area contributed by atoms with Crippen molar-refractivity contribution in [3.05, 3.63) is 59.7 Å². The molecule has 318 valence electrons. The van der Waals surface area contributed by atoms with Gasteiger partial charge in [0, 0.05) is 53.2 Å². The summed E-state index contributed by atoms with van der Waals surface area (Å²) >= 11 is 0. The quantitative estimate of drug-likeness (QED) is 0.285. The van der Waals surface area contributed by atoms with Gasteiger partial charge in [-0.05, 0) is 80.0 Å². The zero-order valence-corrected chi connectivity index (χ0v) is 34.8. The van der Waals surface area contributed by atoms with Gasteiger partial charge in [0.2, 0.25) is 23.6 Å². The minimum Gasteiger partial charge on any atom is -0.481 e. The van der Waals surface area contributed by atoms with E-state index in [4.69, 9.17) is 9.47 Å². The van der Waals surface area contributed by atoms with E-state index in [1.165, 1.54) is 26.6 Å². The molecule has 59 heavy (non-hydrogen) atoms. The third-order valence-electron chi connectivity index (χ3n) is 13.8. The van der Waals surface area contributed by atoms with Crippen LogP contribution in [0.3, 0.4) is 0 Å². The lowest BCUT2D eigenvalue weighted by atomic mass is 9.73. The second-order valence-corrected chi connectivity index (χ2v) is 17.1. The highest BCUT2D eigenvalue weighted by Crippen LogP contribution is 2.45. The number of carbonyl (C=O) groups is 6. The highest BCUT2D eigenvalue weighted by molar-refractivity contribution is 5.98. The summed E-state index contributed by atoms with van der Waals surface area (Å²) < 4.78 is 12.0. The summed E-state index contributed by atoms with van der Waals surface area (Å²) in [6.45, 7) is 3.53. The van der Waals surface area contributed by atoms with Gasteiger partial charge in [-0.1, -0.05) is 61.4 Å². The summed E-state index contributed by atoms with van der Waals surface area (Å²) in [6, 6.07) is 13.1. The average molecular weight is 814 g/mol. The summed E-state index contributed by atoms with van der Waals surface area (Å²) in [5.74, 6) is -3.22. The number of hydrogen-bond acceptors (Lipinski definition) is 8. The van der Waals surface area contributed by atoms with E-state index in [1.54, 1.807) is 19.0 Å². The first-order valence-corrected chi connectivity index (χ1v) is 21.4. The fourth-order valence-electron chi connectivity index (χ4n) is 10.4. The Labute approximate surface area is 346 Å². The number of nitrogens with zero attached hydrogens (tertiary/aromatic N) is 5. The molecule has 5 amide bonds. The molecule has 0 radical (unpaired) electrons. The SMILES string of the molecule is CCO[C@@H]1C[C@@H](C(=O)N(C)C2(C(=O)N(C)[C@H](C(=O)N(C)[C@@H](CC(=O)O)C(=O)N3CCCC3)C3CCCC3)CCC2)N(C(=O)OCC2c3ccccc3-c3ccccc32)C1. The number of carboxylic acid groups (broad SMARTS) is 1. The van der Waals surface area contributed by atoms with E-state index in [9.17, 15) is 33.9 Å². The maximum absolute atomic E-state index is 14.9. The minimum absolute atomic E-state index is 0.0919. The summed E-state index contributed by atoms with van der Waals surface area (Å²) in [4.78, 5) is 91.1. The van der Waals surface area contributed by atoms with E-state index < -0.39 is 66.0 Å². The summed E-state index contributed by atoms with van der Waals surface area (Å²) in [7, 11) is 4.66. The van der Waals surface area contributed by atoms with Gasteiger partial charge in [0.1, 0.15) is 30.3 Å². The molecule has 1 N–H and O–H groups in total. The van der Waals surface area contributed by atoms with Crippen LogP contribution in [0.5, 0.6) is 0 Å². The van der Waals surface area contributed by atoms with Crippen LogP contribution in [0.15, 0.2) is 48.5 Å². The lowest BCUT2D eigenvalue weighted by molar-refractivity contribution is -0.165. The Balaban J connectivity index is 1.09. The van der Waals surface area contributed by atoms with Crippen LogP contribution >= 0.6 is 0 Å². The van der Waals surface area contributed by atoms with Gasteiger partial charge >= 0.3 is 12.1 Å². The van der Waals surface area contributed by atoms with Crippen molar-refractivity contribution in [2.24, 2.45) is 5.92 Å². The molecule has 14 heteroatoms. The summed E-state index contributed by atoms with van der Waals surface area (Å²) in [6.07, 6.45) is 4.89. The lowest BCUT2D eigenvalue weighted by Crippen LogP contribution is -2.68. The Hall–Kier alpha value is -4.98. The lowest BCUT2D eigenvalue weighted by Gasteiger charge is -2.51. The van der Waals surface area contributed by atoms with Crippen molar-refractivity contribution in [3.8, 4) is 11.1 Å². The van der Waals surface area contributed by atoms with E-state index >= 15 is 0 Å². The Morgan fingerprint density at radius 1 is 0.847 bits per heavy atom. The van der Waals surface area contributed by atoms with Crippen LogP contribution < -0.4 is 0 Å². The topological polar surface area (TPSA) is 157 Å². The molecule has 14 nitrogen and oxygen atoms in total. The first-order chi connectivity index (χ1) is 28.4. The van der Waals surface area contributed by atoms with E-state index in [0.29, 0.717) is 51.8 Å². The molecule has 0 bridgehead atoms. The highest BCUT2D eigenvalue weighted by Gasteiger charge is 2.56. The number of ether oxygens (including phenoxy) is 2. The van der Waals surface area contributed by atoms with Crippen molar-refractivity contribution < 1.29 is 43.3 Å². The number of likely N-dealkylation sites (N-methyl/N-ethyl adjacent to an activating group) is 3. The number of carboxylic acids is 1. The molecule has 0 aromatic heterocycles. The fraction of sp³-hybridized carbons (Fsp3) is 0.600. The predicted octanol–water partition coefficient (Wildman–Crippen LogP) is 4.74. The van der Waals surface area contributed by atoms with E-state index in [2.05, 4.69) is 12.1 Å². The van der Waals surface area contributed by atoms with Crippen molar-refractivity contribution in [2.75, 3.05) is 54.0 Å². The largest absolute Gasteiger partial charge is 0.481 e. The van der Waals surface area contributed by atoms with Crippen LogP contribution in [0, 0.1) is 5.92 Å². The molecule has 2 aliphatic heterocycles. The van der Waals surface area contributed by atoms with Crippen molar-refractivity contribution in [2.45, 2.75) is 113 Å². The first-order valence-electron chi connectivity index (χ1n) is 21.4. The molecular weight excluding hydrogens is 755 g/mol. The summed E-state index contributed by atoms with van der Waals surface area (Å²) in [5.41, 5.74) is 3.11. The van der Waals surface area contributed by atoms with E-state index in [0.717, 1.165) is 47.9 Å². The molecule has 5 aliphatic rings. The second-order valence-electron chi connectivity index (χ2n) is 17.1. The zero-order chi connectivity index (χ0) is 42.0. The smallest absolute Gasteiger partial charge is 0.410 e. The van der Waals surface area contributed by atoms with Crippen LogP contribution in [-0.4, -0.2) is 149 Å². The van der Waals surface area contributed by atoms with Crippen LogP contribution in [0.25, 0.3) is 11.1 Å². The van der Waals surface area contributed by atoms with Gasteiger partial charge in [-0.15, -0.1) is 0 Å².